The van der Waals surface area contributed by atoms with E-state index in [4.69, 9.17) is 0 Å². The smallest absolute Gasteiger partial charge is 0.252 e. The largest absolute Gasteiger partial charge is 0.341 e. The fraction of sp³-hybridized carbons (Fsp3) is 0.208. The molecule has 0 saturated heterocycles. The van der Waals surface area contributed by atoms with Crippen molar-refractivity contribution in [3.8, 4) is 0 Å². The van der Waals surface area contributed by atoms with Crippen LogP contribution < -0.4 is 5.32 Å². The number of amides is 1. The molecule has 1 amide bonds. The van der Waals surface area contributed by atoms with Gasteiger partial charge in [-0.1, -0.05) is 42.5 Å². The zero-order valence-corrected chi connectivity index (χ0v) is 18.4. The summed E-state index contributed by atoms with van der Waals surface area (Å²) in [5.41, 5.74) is 1.91. The van der Waals surface area contributed by atoms with Crippen molar-refractivity contribution in [3.05, 3.63) is 101 Å². The molecule has 0 heterocycles. The predicted octanol–water partition coefficient (Wildman–Crippen LogP) is 4.37. The second-order valence-electron chi connectivity index (χ2n) is 7.51. The summed E-state index contributed by atoms with van der Waals surface area (Å²) in [4.78, 5) is 13.1. The summed E-state index contributed by atoms with van der Waals surface area (Å²) in [6.45, 7) is 3.58. The molecule has 0 aliphatic rings. The van der Waals surface area contributed by atoms with E-state index in [1.54, 1.807) is 26.0 Å². The van der Waals surface area contributed by atoms with E-state index in [0.717, 1.165) is 11.1 Å². The number of benzene rings is 3. The molecule has 5 nitrogen and oxygen atoms in total. The molecule has 31 heavy (non-hydrogen) atoms. The highest BCUT2D eigenvalue weighted by Crippen LogP contribution is 2.23. The minimum Gasteiger partial charge on any atom is -0.341 e. The molecule has 0 aromatic heterocycles. The van der Waals surface area contributed by atoms with Crippen LogP contribution in [0.3, 0.4) is 0 Å². The molecule has 7 heteroatoms. The third kappa shape index (κ3) is 5.18. The van der Waals surface area contributed by atoms with Gasteiger partial charge in [-0.2, -0.15) is 4.31 Å². The maximum Gasteiger partial charge on any atom is 0.252 e. The van der Waals surface area contributed by atoms with Crippen molar-refractivity contribution in [2.24, 2.45) is 0 Å². The molecule has 3 rings (SSSR count). The zero-order valence-electron chi connectivity index (χ0n) is 17.6. The summed E-state index contributed by atoms with van der Waals surface area (Å²) in [7, 11) is -2.11. The number of halogens is 1. The van der Waals surface area contributed by atoms with Crippen LogP contribution >= 0.6 is 0 Å². The molecule has 1 atom stereocenters. The van der Waals surface area contributed by atoms with Gasteiger partial charge in [0.2, 0.25) is 10.0 Å². The average Bonchev–Trinajstić information content (AvgIpc) is 2.78. The third-order valence-corrected chi connectivity index (χ3v) is 7.18. The Morgan fingerprint density at radius 2 is 1.42 bits per heavy atom. The van der Waals surface area contributed by atoms with Gasteiger partial charge in [0.25, 0.3) is 5.91 Å². The Bertz CT molecular complexity index is 1130. The first-order valence-corrected chi connectivity index (χ1v) is 11.3. The molecule has 0 spiro atoms. The van der Waals surface area contributed by atoms with Crippen molar-refractivity contribution in [1.29, 1.82) is 0 Å². The van der Waals surface area contributed by atoms with E-state index >= 15 is 0 Å². The molecular formula is C24H25FN2O3S. The third-order valence-electron chi connectivity index (χ3n) is 5.13. The minimum atomic E-state index is -3.63. The van der Waals surface area contributed by atoms with Gasteiger partial charge in [0.05, 0.1) is 10.9 Å². The summed E-state index contributed by atoms with van der Waals surface area (Å²) in [5, 5.41) is 2.96. The van der Waals surface area contributed by atoms with Gasteiger partial charge in [-0.25, -0.2) is 12.8 Å². The van der Waals surface area contributed by atoms with Crippen LogP contribution in [-0.2, 0) is 10.0 Å². The molecule has 0 aliphatic heterocycles. The van der Waals surface area contributed by atoms with Gasteiger partial charge in [-0.05, 0) is 61.4 Å². The minimum absolute atomic E-state index is 0.124. The molecule has 0 aliphatic carbocycles. The summed E-state index contributed by atoms with van der Waals surface area (Å²) >= 11 is 0. The maximum atomic E-state index is 13.4. The zero-order chi connectivity index (χ0) is 22.6. The van der Waals surface area contributed by atoms with Crippen LogP contribution in [-0.4, -0.2) is 31.7 Å². The van der Waals surface area contributed by atoms with Crippen LogP contribution in [0.15, 0.2) is 83.8 Å². The van der Waals surface area contributed by atoms with Gasteiger partial charge < -0.3 is 5.32 Å². The number of carbonyl (C=O) groups is 1. The normalized spacial score (nSPS) is 12.7. The Morgan fingerprint density at radius 3 is 1.97 bits per heavy atom. The van der Waals surface area contributed by atoms with Crippen LogP contribution in [0.5, 0.6) is 0 Å². The van der Waals surface area contributed by atoms with E-state index in [2.05, 4.69) is 5.32 Å². The van der Waals surface area contributed by atoms with Gasteiger partial charge in [-0.15, -0.1) is 0 Å². The van der Waals surface area contributed by atoms with Crippen molar-refractivity contribution in [3.63, 3.8) is 0 Å². The van der Waals surface area contributed by atoms with E-state index in [-0.39, 0.29) is 22.7 Å². The van der Waals surface area contributed by atoms with Crippen LogP contribution in [0.2, 0.25) is 0 Å². The molecule has 0 radical (unpaired) electrons. The Morgan fingerprint density at radius 1 is 0.871 bits per heavy atom. The van der Waals surface area contributed by atoms with Crippen LogP contribution in [0, 0.1) is 5.82 Å². The van der Waals surface area contributed by atoms with Gasteiger partial charge in [0, 0.05) is 18.7 Å². The average molecular weight is 441 g/mol. The lowest BCUT2D eigenvalue weighted by atomic mass is 9.98. The van der Waals surface area contributed by atoms with Crippen molar-refractivity contribution in [2.75, 3.05) is 7.05 Å². The molecular weight excluding hydrogens is 415 g/mol. The molecule has 0 bridgehead atoms. The Balaban J connectivity index is 1.86. The van der Waals surface area contributed by atoms with Crippen LogP contribution in [0.25, 0.3) is 0 Å². The Labute approximate surface area is 182 Å². The molecule has 3 aromatic rings. The van der Waals surface area contributed by atoms with E-state index in [1.807, 2.05) is 30.3 Å². The molecule has 162 valence electrons. The molecule has 0 fully saturated rings. The van der Waals surface area contributed by atoms with Gasteiger partial charge in [-0.3, -0.25) is 4.79 Å². The SMILES string of the molecule is CC(C)N(C)S(=O)(=O)c1ccc(C(=O)NC(c2ccccc2)c2ccc(F)cc2)cc1. The summed E-state index contributed by atoms with van der Waals surface area (Å²) in [5.74, 6) is -0.718. The number of nitrogens with one attached hydrogen (secondary N) is 1. The first kappa shape index (κ1) is 22.7. The fourth-order valence-corrected chi connectivity index (χ4v) is 4.46. The lowest BCUT2D eigenvalue weighted by Crippen LogP contribution is -2.33. The maximum absolute atomic E-state index is 13.4. The fourth-order valence-electron chi connectivity index (χ4n) is 3.10. The first-order valence-electron chi connectivity index (χ1n) is 9.89. The standard InChI is InChI=1S/C24H25FN2O3S/c1-17(2)27(3)31(29,30)22-15-11-20(12-16-22)24(28)26-23(18-7-5-4-6-8-18)19-9-13-21(25)14-10-19/h4-17,23H,1-3H3,(H,26,28). The molecule has 0 saturated carbocycles. The lowest BCUT2D eigenvalue weighted by molar-refractivity contribution is 0.0943. The molecule has 1 N–H and O–H groups in total. The van der Waals surface area contributed by atoms with Crippen LogP contribution in [0.1, 0.15) is 41.4 Å². The number of rotatable bonds is 7. The number of sulfonamides is 1. The number of nitrogens with zero attached hydrogens (tertiary/aromatic N) is 1. The Kier molecular flexibility index (Phi) is 6.87. The van der Waals surface area contributed by atoms with Gasteiger partial charge >= 0.3 is 0 Å². The first-order chi connectivity index (χ1) is 14.7. The van der Waals surface area contributed by atoms with Crippen molar-refractivity contribution < 1.29 is 17.6 Å². The highest BCUT2D eigenvalue weighted by Gasteiger charge is 2.24. The molecule has 3 aromatic carbocycles. The van der Waals surface area contributed by atoms with E-state index in [9.17, 15) is 17.6 Å². The second-order valence-corrected chi connectivity index (χ2v) is 9.51. The lowest BCUT2D eigenvalue weighted by Gasteiger charge is -2.21. The number of hydrogen-bond donors (Lipinski definition) is 1. The van der Waals surface area contributed by atoms with Crippen molar-refractivity contribution in [2.45, 2.75) is 30.8 Å². The topological polar surface area (TPSA) is 66.5 Å². The highest BCUT2D eigenvalue weighted by atomic mass is 32.2. The highest BCUT2D eigenvalue weighted by molar-refractivity contribution is 7.89. The van der Waals surface area contributed by atoms with E-state index in [1.165, 1.54) is 47.8 Å². The second kappa shape index (κ2) is 9.41. The van der Waals surface area contributed by atoms with Crippen LogP contribution in [0.4, 0.5) is 4.39 Å². The quantitative estimate of drug-likeness (QED) is 0.593. The summed E-state index contributed by atoms with van der Waals surface area (Å²) in [6, 6.07) is 20.5. The van der Waals surface area contributed by atoms with E-state index in [0.29, 0.717) is 5.56 Å². The van der Waals surface area contributed by atoms with Gasteiger partial charge in [0.15, 0.2) is 0 Å². The van der Waals surface area contributed by atoms with Gasteiger partial charge in [0.1, 0.15) is 5.82 Å². The van der Waals surface area contributed by atoms with Crippen molar-refractivity contribution >= 4 is 15.9 Å². The predicted molar refractivity (Wildman–Crippen MR) is 119 cm³/mol. The van der Waals surface area contributed by atoms with Crippen molar-refractivity contribution in [1.82, 2.24) is 9.62 Å². The van der Waals surface area contributed by atoms with E-state index < -0.39 is 16.1 Å². The summed E-state index contributed by atoms with van der Waals surface area (Å²) in [6.07, 6.45) is 0. The number of carbonyl (C=O) groups excluding carboxylic acids is 1. The Hall–Kier alpha value is -3.03. The monoisotopic (exact) mass is 440 g/mol. The molecule has 1 unspecified atom stereocenters. The number of hydrogen-bond acceptors (Lipinski definition) is 3. The summed E-state index contributed by atoms with van der Waals surface area (Å²) < 4.78 is 39.9.